The molecule has 0 aromatic heterocycles. The van der Waals surface area contributed by atoms with Crippen molar-refractivity contribution in [3.8, 4) is 11.5 Å². The first-order valence-corrected chi connectivity index (χ1v) is 9.94. The third kappa shape index (κ3) is 4.06. The lowest BCUT2D eigenvalue weighted by Crippen LogP contribution is -2.57. The van der Waals surface area contributed by atoms with Crippen LogP contribution in [0, 0.1) is 5.82 Å². The molecular formula is C18H21FN2O5S. The summed E-state index contributed by atoms with van der Waals surface area (Å²) in [6, 6.07) is 8.89. The fourth-order valence-electron chi connectivity index (χ4n) is 3.01. The van der Waals surface area contributed by atoms with Crippen molar-refractivity contribution in [1.29, 1.82) is 0 Å². The molecule has 7 nitrogen and oxygen atoms in total. The standard InChI is InChI=1S/C18H21FN2O5S/c1-20-27(24,25)9-13-4-2-3-12(17(13)19)8-21-18(10-26-11-18)15-6-5-14(22)7-16(15)23/h2-7,20-23H,8-11H2,1H3. The van der Waals surface area contributed by atoms with Crippen molar-refractivity contribution in [2.24, 2.45) is 0 Å². The van der Waals surface area contributed by atoms with Crippen LogP contribution in [0.25, 0.3) is 0 Å². The third-order valence-electron chi connectivity index (χ3n) is 4.63. The van der Waals surface area contributed by atoms with Gasteiger partial charge in [-0.05, 0) is 19.2 Å². The number of hydrogen-bond donors (Lipinski definition) is 4. The van der Waals surface area contributed by atoms with Crippen LogP contribution in [-0.4, -0.2) is 38.9 Å². The quantitative estimate of drug-likeness (QED) is 0.562. The number of nitrogens with one attached hydrogen (secondary N) is 2. The van der Waals surface area contributed by atoms with Gasteiger partial charge in [-0.1, -0.05) is 18.2 Å². The van der Waals surface area contributed by atoms with Gasteiger partial charge in [-0.3, -0.25) is 5.32 Å². The zero-order chi connectivity index (χ0) is 19.7. The van der Waals surface area contributed by atoms with Crippen LogP contribution in [0.15, 0.2) is 36.4 Å². The summed E-state index contributed by atoms with van der Waals surface area (Å²) in [7, 11) is -2.31. The first kappa shape index (κ1) is 19.6. The van der Waals surface area contributed by atoms with Crippen LogP contribution in [0.5, 0.6) is 11.5 Å². The molecular weight excluding hydrogens is 375 g/mol. The summed E-state index contributed by atoms with van der Waals surface area (Å²) >= 11 is 0. The number of phenolic OH excluding ortho intramolecular Hbond substituents is 2. The van der Waals surface area contributed by atoms with Gasteiger partial charge in [0.05, 0.1) is 24.5 Å². The summed E-state index contributed by atoms with van der Waals surface area (Å²) in [6.45, 7) is 0.671. The summed E-state index contributed by atoms with van der Waals surface area (Å²) in [4.78, 5) is 0. The molecule has 1 fully saturated rings. The van der Waals surface area contributed by atoms with E-state index in [0.29, 0.717) is 11.1 Å². The smallest absolute Gasteiger partial charge is 0.215 e. The number of phenols is 2. The molecule has 0 unspecified atom stereocenters. The molecule has 27 heavy (non-hydrogen) atoms. The highest BCUT2D eigenvalue weighted by molar-refractivity contribution is 7.88. The summed E-state index contributed by atoms with van der Waals surface area (Å²) in [6.07, 6.45) is 0. The number of halogens is 1. The lowest BCUT2D eigenvalue weighted by atomic mass is 9.86. The van der Waals surface area contributed by atoms with E-state index in [-0.39, 0.29) is 36.8 Å². The topological polar surface area (TPSA) is 108 Å². The summed E-state index contributed by atoms with van der Waals surface area (Å²) in [5.74, 6) is -1.18. The Bertz CT molecular complexity index is 945. The van der Waals surface area contributed by atoms with Crippen molar-refractivity contribution in [3.63, 3.8) is 0 Å². The van der Waals surface area contributed by atoms with Gasteiger partial charge >= 0.3 is 0 Å². The van der Waals surface area contributed by atoms with Gasteiger partial charge in [-0.25, -0.2) is 17.5 Å². The van der Waals surface area contributed by atoms with Gasteiger partial charge in [0.25, 0.3) is 0 Å². The molecule has 1 aliphatic heterocycles. The molecule has 0 aliphatic carbocycles. The van der Waals surface area contributed by atoms with Crippen LogP contribution in [0.4, 0.5) is 4.39 Å². The van der Waals surface area contributed by atoms with Crippen LogP contribution in [0.2, 0.25) is 0 Å². The predicted molar refractivity (Wildman–Crippen MR) is 97.2 cm³/mol. The van der Waals surface area contributed by atoms with Gasteiger partial charge in [-0.2, -0.15) is 0 Å². The van der Waals surface area contributed by atoms with Crippen LogP contribution < -0.4 is 10.0 Å². The Morgan fingerprint density at radius 3 is 2.48 bits per heavy atom. The van der Waals surface area contributed by atoms with Crippen molar-refractivity contribution in [3.05, 3.63) is 58.9 Å². The average molecular weight is 396 g/mol. The van der Waals surface area contributed by atoms with E-state index >= 15 is 0 Å². The van der Waals surface area contributed by atoms with E-state index in [1.54, 1.807) is 18.2 Å². The maximum Gasteiger partial charge on any atom is 0.215 e. The number of rotatable bonds is 7. The zero-order valence-electron chi connectivity index (χ0n) is 14.7. The van der Waals surface area contributed by atoms with E-state index in [0.717, 1.165) is 0 Å². The Balaban J connectivity index is 1.81. The highest BCUT2D eigenvalue weighted by Crippen LogP contribution is 2.37. The second-order valence-corrected chi connectivity index (χ2v) is 8.41. The normalized spacial score (nSPS) is 16.1. The molecule has 146 valence electrons. The van der Waals surface area contributed by atoms with Gasteiger partial charge in [0.15, 0.2) is 0 Å². The highest BCUT2D eigenvalue weighted by Gasteiger charge is 2.42. The monoisotopic (exact) mass is 396 g/mol. The Hall–Kier alpha value is -2.20. The Morgan fingerprint density at radius 1 is 1.19 bits per heavy atom. The average Bonchev–Trinajstić information content (AvgIpc) is 2.58. The van der Waals surface area contributed by atoms with E-state index < -0.39 is 27.1 Å². The highest BCUT2D eigenvalue weighted by atomic mass is 32.2. The molecule has 1 heterocycles. The maximum absolute atomic E-state index is 14.7. The van der Waals surface area contributed by atoms with Gasteiger partial charge in [0, 0.05) is 29.3 Å². The largest absolute Gasteiger partial charge is 0.508 e. The summed E-state index contributed by atoms with van der Waals surface area (Å²) < 4.78 is 45.6. The Kier molecular flexibility index (Phi) is 5.38. The van der Waals surface area contributed by atoms with Crippen molar-refractivity contribution >= 4 is 10.0 Å². The van der Waals surface area contributed by atoms with Crippen LogP contribution in [-0.2, 0) is 32.6 Å². The van der Waals surface area contributed by atoms with Gasteiger partial charge in [-0.15, -0.1) is 0 Å². The van der Waals surface area contributed by atoms with Gasteiger partial charge in [0.2, 0.25) is 10.0 Å². The molecule has 3 rings (SSSR count). The predicted octanol–water partition coefficient (Wildman–Crippen LogP) is 1.30. The minimum atomic E-state index is -3.59. The van der Waals surface area contributed by atoms with E-state index in [1.807, 2.05) is 0 Å². The molecule has 2 aromatic carbocycles. The molecule has 0 amide bonds. The molecule has 1 aliphatic rings. The fraction of sp³-hybridized carbons (Fsp3) is 0.333. The van der Waals surface area contributed by atoms with Crippen LogP contribution in [0.1, 0.15) is 16.7 Å². The first-order valence-electron chi connectivity index (χ1n) is 8.29. The lowest BCUT2D eigenvalue weighted by molar-refractivity contribution is -0.0806. The minimum absolute atomic E-state index is 0.0591. The minimum Gasteiger partial charge on any atom is -0.508 e. The van der Waals surface area contributed by atoms with Gasteiger partial charge < -0.3 is 14.9 Å². The number of ether oxygens (including phenoxy) is 1. The first-order chi connectivity index (χ1) is 12.8. The van der Waals surface area contributed by atoms with E-state index in [4.69, 9.17) is 4.74 Å². The second kappa shape index (κ2) is 7.43. The number of benzene rings is 2. The molecule has 0 radical (unpaired) electrons. The van der Waals surface area contributed by atoms with E-state index in [1.165, 1.54) is 25.2 Å². The van der Waals surface area contributed by atoms with Crippen molar-refractivity contribution in [2.75, 3.05) is 20.3 Å². The third-order valence-corrected chi connectivity index (χ3v) is 5.94. The van der Waals surface area contributed by atoms with Gasteiger partial charge in [0.1, 0.15) is 17.3 Å². The molecule has 0 atom stereocenters. The Morgan fingerprint density at radius 2 is 1.89 bits per heavy atom. The van der Waals surface area contributed by atoms with Crippen LogP contribution in [0.3, 0.4) is 0 Å². The van der Waals surface area contributed by atoms with Crippen molar-refractivity contribution < 1.29 is 27.8 Å². The van der Waals surface area contributed by atoms with E-state index in [9.17, 15) is 23.0 Å². The van der Waals surface area contributed by atoms with E-state index in [2.05, 4.69) is 10.0 Å². The summed E-state index contributed by atoms with van der Waals surface area (Å²) in [5.41, 5.74) is 0.219. The molecule has 0 spiro atoms. The van der Waals surface area contributed by atoms with Crippen LogP contribution >= 0.6 is 0 Å². The van der Waals surface area contributed by atoms with Crippen molar-refractivity contribution in [1.82, 2.24) is 10.0 Å². The second-order valence-electron chi connectivity index (χ2n) is 6.48. The summed E-state index contributed by atoms with van der Waals surface area (Å²) in [5, 5.41) is 22.8. The number of hydrogen-bond acceptors (Lipinski definition) is 6. The zero-order valence-corrected chi connectivity index (χ0v) is 15.5. The SMILES string of the molecule is CNS(=O)(=O)Cc1cccc(CNC2(c3ccc(O)cc3O)COC2)c1F. The molecule has 0 saturated carbocycles. The fourth-order valence-corrected chi connectivity index (χ4v) is 3.78. The molecule has 9 heteroatoms. The molecule has 4 N–H and O–H groups in total. The Labute approximate surface area is 156 Å². The van der Waals surface area contributed by atoms with Crippen molar-refractivity contribution in [2.45, 2.75) is 17.8 Å². The number of aromatic hydroxyl groups is 2. The lowest BCUT2D eigenvalue weighted by Gasteiger charge is -2.43. The molecule has 2 aromatic rings. The molecule has 0 bridgehead atoms. The number of sulfonamides is 1. The maximum atomic E-state index is 14.7. The molecule has 1 saturated heterocycles.